The van der Waals surface area contributed by atoms with E-state index in [1.807, 2.05) is 0 Å². The number of rotatable bonds is 5. The van der Waals surface area contributed by atoms with Crippen LogP contribution in [0.25, 0.3) is 0 Å². The van der Waals surface area contributed by atoms with Gasteiger partial charge in [0.2, 0.25) is 6.79 Å². The van der Waals surface area contributed by atoms with Gasteiger partial charge in [-0.3, -0.25) is 14.9 Å². The van der Waals surface area contributed by atoms with Crippen molar-refractivity contribution in [1.29, 1.82) is 0 Å². The highest BCUT2D eigenvalue weighted by atomic mass is 35.5. The van der Waals surface area contributed by atoms with Crippen LogP contribution in [0.4, 0.5) is 11.4 Å². The maximum Gasteiger partial charge on any atom is 0.271 e. The number of hydrogen-bond acceptors (Lipinski definition) is 6. The molecule has 2 aromatic carbocycles. The number of halogens is 1. The third kappa shape index (κ3) is 3.49. The fraction of sp³-hybridized carbons (Fsp3) is 0.133. The number of non-ortho nitro benzene ring substituents is 1. The first kappa shape index (κ1) is 15.9. The summed E-state index contributed by atoms with van der Waals surface area (Å²) in [5.41, 5.74) is 0.108. The number of nitro benzene ring substituents is 1. The van der Waals surface area contributed by atoms with E-state index < -0.39 is 10.8 Å². The van der Waals surface area contributed by atoms with Crippen molar-refractivity contribution in [3.63, 3.8) is 0 Å². The van der Waals surface area contributed by atoms with Gasteiger partial charge in [0.25, 0.3) is 11.6 Å². The Morgan fingerprint density at radius 1 is 1.25 bits per heavy atom. The number of ether oxygens (including phenoxy) is 3. The number of hydrogen-bond donors (Lipinski definition) is 1. The highest BCUT2D eigenvalue weighted by molar-refractivity contribution is 6.34. The minimum Gasteiger partial charge on any atom is -0.484 e. The Hall–Kier alpha value is -3.00. The molecule has 0 aromatic heterocycles. The van der Waals surface area contributed by atoms with Crippen LogP contribution in [-0.4, -0.2) is 24.2 Å². The highest BCUT2D eigenvalue weighted by Crippen LogP contribution is 2.35. The Bertz CT molecular complexity index is 811. The fourth-order valence-corrected chi connectivity index (χ4v) is 2.24. The van der Waals surface area contributed by atoms with Crippen molar-refractivity contribution in [2.24, 2.45) is 0 Å². The lowest BCUT2D eigenvalue weighted by molar-refractivity contribution is -0.384. The van der Waals surface area contributed by atoms with E-state index in [-0.39, 0.29) is 29.8 Å². The van der Waals surface area contributed by atoms with Gasteiger partial charge in [-0.05, 0) is 18.2 Å². The number of amides is 1. The van der Waals surface area contributed by atoms with Crippen LogP contribution in [0, 0.1) is 10.1 Å². The summed E-state index contributed by atoms with van der Waals surface area (Å²) in [6.07, 6.45) is 0. The van der Waals surface area contributed by atoms with Gasteiger partial charge in [-0.15, -0.1) is 0 Å². The summed E-state index contributed by atoms with van der Waals surface area (Å²) in [4.78, 5) is 22.0. The van der Waals surface area contributed by atoms with Crippen LogP contribution in [0.5, 0.6) is 17.2 Å². The average molecular weight is 351 g/mol. The molecule has 0 spiro atoms. The minimum atomic E-state index is -0.569. The molecule has 1 N–H and O–H groups in total. The van der Waals surface area contributed by atoms with Crippen molar-refractivity contribution in [2.75, 3.05) is 18.7 Å². The number of carbonyl (C=O) groups is 1. The smallest absolute Gasteiger partial charge is 0.271 e. The second kappa shape index (κ2) is 6.63. The normalized spacial score (nSPS) is 11.9. The van der Waals surface area contributed by atoms with E-state index >= 15 is 0 Å². The molecule has 1 heterocycles. The molecular weight excluding hydrogens is 340 g/mol. The second-order valence-electron chi connectivity index (χ2n) is 4.77. The van der Waals surface area contributed by atoms with Crippen LogP contribution in [0.2, 0.25) is 5.02 Å². The molecule has 3 rings (SSSR count). The lowest BCUT2D eigenvalue weighted by Gasteiger charge is -2.09. The van der Waals surface area contributed by atoms with E-state index in [9.17, 15) is 14.9 Å². The van der Waals surface area contributed by atoms with Crippen LogP contribution >= 0.6 is 11.6 Å². The minimum absolute atomic E-state index is 0.0700. The summed E-state index contributed by atoms with van der Waals surface area (Å²) >= 11 is 5.91. The van der Waals surface area contributed by atoms with Crippen molar-refractivity contribution in [2.45, 2.75) is 0 Å². The number of nitrogens with one attached hydrogen (secondary N) is 1. The lowest BCUT2D eigenvalue weighted by Crippen LogP contribution is -2.20. The third-order valence-corrected chi connectivity index (χ3v) is 3.46. The molecule has 0 unspecified atom stereocenters. The summed E-state index contributed by atoms with van der Waals surface area (Å²) in [6, 6.07) is 8.73. The molecule has 124 valence electrons. The molecule has 8 nitrogen and oxygen atoms in total. The molecule has 0 fully saturated rings. The third-order valence-electron chi connectivity index (χ3n) is 3.15. The first-order chi connectivity index (χ1) is 11.5. The van der Waals surface area contributed by atoms with E-state index in [0.29, 0.717) is 17.2 Å². The molecule has 9 heteroatoms. The summed E-state index contributed by atoms with van der Waals surface area (Å²) in [7, 11) is 0. The molecule has 0 saturated carbocycles. The molecule has 1 aliphatic rings. The van der Waals surface area contributed by atoms with Crippen molar-refractivity contribution >= 4 is 28.9 Å². The molecule has 0 saturated heterocycles. The van der Waals surface area contributed by atoms with Crippen molar-refractivity contribution in [1.82, 2.24) is 0 Å². The molecule has 0 aliphatic carbocycles. The van der Waals surface area contributed by atoms with E-state index in [2.05, 4.69) is 5.32 Å². The van der Waals surface area contributed by atoms with E-state index in [4.69, 9.17) is 25.8 Å². The molecule has 0 radical (unpaired) electrons. The summed E-state index contributed by atoms with van der Waals surface area (Å²) in [6.45, 7) is -0.106. The van der Waals surface area contributed by atoms with Gasteiger partial charge in [-0.25, -0.2) is 0 Å². The van der Waals surface area contributed by atoms with Gasteiger partial charge in [-0.1, -0.05) is 11.6 Å². The lowest BCUT2D eigenvalue weighted by atomic mass is 10.3. The predicted octanol–water partition coefficient (Wildman–Crippen LogP) is 2.99. The van der Waals surface area contributed by atoms with E-state index in [1.165, 1.54) is 12.1 Å². The predicted molar refractivity (Wildman–Crippen MR) is 84.8 cm³/mol. The van der Waals surface area contributed by atoms with Gasteiger partial charge >= 0.3 is 0 Å². The average Bonchev–Trinajstić information content (AvgIpc) is 3.02. The maximum absolute atomic E-state index is 11.9. The Kier molecular flexibility index (Phi) is 4.39. The molecule has 0 bridgehead atoms. The Labute approximate surface area is 141 Å². The van der Waals surface area contributed by atoms with Crippen molar-refractivity contribution < 1.29 is 23.9 Å². The van der Waals surface area contributed by atoms with Crippen LogP contribution in [0.3, 0.4) is 0 Å². The summed E-state index contributed by atoms with van der Waals surface area (Å²) in [5, 5.41) is 13.2. The summed E-state index contributed by atoms with van der Waals surface area (Å²) < 4.78 is 15.8. The largest absolute Gasteiger partial charge is 0.484 e. The van der Waals surface area contributed by atoms with Crippen molar-refractivity contribution in [3.8, 4) is 17.2 Å². The molecule has 1 aliphatic heterocycles. The van der Waals surface area contributed by atoms with Gasteiger partial charge < -0.3 is 19.5 Å². The Morgan fingerprint density at radius 3 is 2.79 bits per heavy atom. The highest BCUT2D eigenvalue weighted by Gasteiger charge is 2.15. The monoisotopic (exact) mass is 350 g/mol. The molecular formula is C15H11ClN2O6. The number of anilines is 1. The molecule has 24 heavy (non-hydrogen) atoms. The van der Waals surface area contributed by atoms with Gasteiger partial charge in [-0.2, -0.15) is 0 Å². The second-order valence-corrected chi connectivity index (χ2v) is 5.18. The topological polar surface area (TPSA) is 99.9 Å². The maximum atomic E-state index is 11.9. The molecule has 1 amide bonds. The zero-order valence-electron chi connectivity index (χ0n) is 12.2. The van der Waals surface area contributed by atoms with Gasteiger partial charge in [0.05, 0.1) is 15.6 Å². The van der Waals surface area contributed by atoms with Crippen molar-refractivity contribution in [3.05, 3.63) is 51.5 Å². The number of fused-ring (bicyclic) bond motifs is 1. The number of nitrogens with zero attached hydrogens (tertiary/aromatic N) is 1. The van der Waals surface area contributed by atoms with Crippen LogP contribution in [0.1, 0.15) is 0 Å². The summed E-state index contributed by atoms with van der Waals surface area (Å²) in [5.74, 6) is 1.16. The Balaban J connectivity index is 1.59. The van der Waals surface area contributed by atoms with Crippen LogP contribution < -0.4 is 19.5 Å². The molecule has 2 aromatic rings. The fourth-order valence-electron chi connectivity index (χ4n) is 2.02. The first-order valence-corrected chi connectivity index (χ1v) is 7.17. The Morgan fingerprint density at radius 2 is 2.04 bits per heavy atom. The van der Waals surface area contributed by atoms with Crippen LogP contribution in [-0.2, 0) is 4.79 Å². The van der Waals surface area contributed by atoms with E-state index in [1.54, 1.807) is 18.2 Å². The van der Waals surface area contributed by atoms with Gasteiger partial charge in [0, 0.05) is 18.2 Å². The standard InChI is InChI=1S/C15H11ClN2O6/c16-11-5-9(18(20)21)1-3-12(11)17-15(19)7-22-10-2-4-13-14(6-10)24-8-23-13/h1-6H,7-8H2,(H,17,19). The number of nitro groups is 1. The zero-order valence-corrected chi connectivity index (χ0v) is 12.9. The molecule has 0 atom stereocenters. The zero-order chi connectivity index (χ0) is 17.1. The quantitative estimate of drug-likeness (QED) is 0.657. The van der Waals surface area contributed by atoms with E-state index in [0.717, 1.165) is 6.07 Å². The first-order valence-electron chi connectivity index (χ1n) is 6.79. The van der Waals surface area contributed by atoms with Crippen LogP contribution in [0.15, 0.2) is 36.4 Å². The SMILES string of the molecule is O=C(COc1ccc2c(c1)OCO2)Nc1ccc([N+](=O)[O-])cc1Cl. The number of carbonyl (C=O) groups excluding carboxylic acids is 1. The van der Waals surface area contributed by atoms with Gasteiger partial charge in [0.1, 0.15) is 5.75 Å². The number of benzene rings is 2. The van der Waals surface area contributed by atoms with Gasteiger partial charge in [0.15, 0.2) is 18.1 Å².